The highest BCUT2D eigenvalue weighted by Crippen LogP contribution is 2.34. The van der Waals surface area contributed by atoms with Crippen LogP contribution in [0.15, 0.2) is 29.2 Å². The number of aliphatic carboxylic acids is 1. The van der Waals surface area contributed by atoms with Crippen LogP contribution in [0.1, 0.15) is 51.0 Å². The predicted molar refractivity (Wildman–Crippen MR) is 119 cm³/mol. The number of carboxylic acids is 1. The van der Waals surface area contributed by atoms with Crippen molar-refractivity contribution in [2.45, 2.75) is 51.5 Å². The molecule has 2 N–H and O–H groups in total. The Morgan fingerprint density at radius 2 is 1.86 bits per heavy atom. The fraction of sp³-hybridized carbons (Fsp3) is 0.476. The third-order valence-corrected chi connectivity index (χ3v) is 5.87. The molecule has 1 atom stereocenters. The molecule has 1 heterocycles. The van der Waals surface area contributed by atoms with Crippen LogP contribution in [0.3, 0.4) is 0 Å². The molecule has 1 aromatic rings. The van der Waals surface area contributed by atoms with Crippen LogP contribution in [0.25, 0.3) is 6.08 Å². The number of nitrogens with zero attached hydrogens (tertiary/aromatic N) is 1. The lowest BCUT2D eigenvalue weighted by Gasteiger charge is -2.20. The van der Waals surface area contributed by atoms with Crippen LogP contribution in [0.5, 0.6) is 5.75 Å². The van der Waals surface area contributed by atoms with Crippen LogP contribution < -0.4 is 4.74 Å². The minimum Gasteiger partial charge on any atom is -0.494 e. The number of benzene rings is 1. The second kappa shape index (κ2) is 11.9. The molecule has 158 valence electrons. The first-order chi connectivity index (χ1) is 14.0. The molecule has 1 unspecified atom stereocenters. The maximum Gasteiger partial charge on any atom is 0.329 e. The van der Waals surface area contributed by atoms with Gasteiger partial charge in [-0.15, -0.1) is 0 Å². The van der Waals surface area contributed by atoms with Gasteiger partial charge in [0.25, 0.3) is 5.91 Å². The zero-order valence-electron chi connectivity index (χ0n) is 16.5. The molecular formula is C21H27NO5S2. The van der Waals surface area contributed by atoms with E-state index in [4.69, 9.17) is 22.1 Å². The predicted octanol–water partition coefficient (Wildman–Crippen LogP) is 4.07. The van der Waals surface area contributed by atoms with Crippen molar-refractivity contribution in [3.8, 4) is 5.75 Å². The van der Waals surface area contributed by atoms with Crippen LogP contribution >= 0.6 is 24.0 Å². The molecule has 0 aliphatic carbocycles. The average molecular weight is 438 g/mol. The Kier molecular flexibility index (Phi) is 9.63. The summed E-state index contributed by atoms with van der Waals surface area (Å²) in [5, 5.41) is 18.4. The topological polar surface area (TPSA) is 87.1 Å². The van der Waals surface area contributed by atoms with Gasteiger partial charge in [-0.05, 0) is 30.2 Å². The zero-order valence-corrected chi connectivity index (χ0v) is 18.1. The molecule has 1 aliphatic heterocycles. The molecule has 0 saturated carbocycles. The second-order valence-corrected chi connectivity index (χ2v) is 8.45. The van der Waals surface area contributed by atoms with Gasteiger partial charge in [0.2, 0.25) is 0 Å². The number of aliphatic hydroxyl groups excluding tert-OH is 1. The molecular weight excluding hydrogens is 410 g/mol. The standard InChI is InChI=1S/C21H27NO5S2/c1-2-3-4-5-6-7-12-27-16-10-8-15(9-11-16)13-18-19(24)22(21(28)29-18)17(14-23)20(25)26/h8-11,13,17,23H,2-7,12,14H2,1H3,(H,25,26). The number of carbonyl (C=O) groups excluding carboxylic acids is 1. The van der Waals surface area contributed by atoms with Crippen molar-refractivity contribution in [1.29, 1.82) is 0 Å². The van der Waals surface area contributed by atoms with Gasteiger partial charge in [-0.1, -0.05) is 75.1 Å². The number of hydrogen-bond donors (Lipinski definition) is 2. The van der Waals surface area contributed by atoms with Crippen LogP contribution in [-0.4, -0.2) is 50.6 Å². The molecule has 1 fully saturated rings. The summed E-state index contributed by atoms with van der Waals surface area (Å²) in [6.07, 6.45) is 8.92. The molecule has 6 nitrogen and oxygen atoms in total. The van der Waals surface area contributed by atoms with E-state index in [2.05, 4.69) is 6.92 Å². The normalized spacial score (nSPS) is 16.5. The number of amides is 1. The number of hydrogen-bond acceptors (Lipinski definition) is 6. The van der Waals surface area contributed by atoms with Gasteiger partial charge < -0.3 is 14.9 Å². The maximum absolute atomic E-state index is 12.5. The first-order valence-corrected chi connectivity index (χ1v) is 11.0. The van der Waals surface area contributed by atoms with Crippen molar-refractivity contribution in [2.24, 2.45) is 0 Å². The van der Waals surface area contributed by atoms with E-state index in [9.17, 15) is 14.7 Å². The SMILES string of the molecule is CCCCCCCCOc1ccc(C=C2SC(=S)N(C(CO)C(=O)O)C2=O)cc1. The molecule has 29 heavy (non-hydrogen) atoms. The lowest BCUT2D eigenvalue weighted by Crippen LogP contribution is -2.46. The van der Waals surface area contributed by atoms with E-state index >= 15 is 0 Å². The largest absolute Gasteiger partial charge is 0.494 e. The van der Waals surface area contributed by atoms with Crippen molar-refractivity contribution in [2.75, 3.05) is 13.2 Å². The summed E-state index contributed by atoms with van der Waals surface area (Å²) in [7, 11) is 0. The summed E-state index contributed by atoms with van der Waals surface area (Å²) < 4.78 is 5.88. The monoisotopic (exact) mass is 437 g/mol. The van der Waals surface area contributed by atoms with Gasteiger partial charge in [0.15, 0.2) is 6.04 Å². The molecule has 1 amide bonds. The Hall–Kier alpha value is -1.90. The summed E-state index contributed by atoms with van der Waals surface area (Å²) in [5.74, 6) is -1.03. The molecule has 0 aromatic heterocycles. The minimum absolute atomic E-state index is 0.126. The Labute approximate surface area is 180 Å². The van der Waals surface area contributed by atoms with E-state index in [-0.39, 0.29) is 4.32 Å². The van der Waals surface area contributed by atoms with Crippen molar-refractivity contribution >= 4 is 46.3 Å². The summed E-state index contributed by atoms with van der Waals surface area (Å²) in [6.45, 7) is 2.19. The number of rotatable bonds is 12. The van der Waals surface area contributed by atoms with E-state index < -0.39 is 24.5 Å². The Balaban J connectivity index is 1.90. The number of thiocarbonyl (C=S) groups is 1. The maximum atomic E-state index is 12.5. The fourth-order valence-corrected chi connectivity index (χ4v) is 4.26. The first-order valence-electron chi connectivity index (χ1n) is 9.81. The van der Waals surface area contributed by atoms with E-state index in [1.807, 2.05) is 24.3 Å². The third kappa shape index (κ3) is 6.83. The third-order valence-electron chi connectivity index (χ3n) is 4.54. The minimum atomic E-state index is -1.37. The lowest BCUT2D eigenvalue weighted by molar-refractivity contribution is -0.146. The van der Waals surface area contributed by atoms with Gasteiger partial charge in [0.05, 0.1) is 18.1 Å². The first kappa shape index (κ1) is 23.4. The molecule has 0 radical (unpaired) electrons. The Morgan fingerprint density at radius 3 is 2.48 bits per heavy atom. The molecule has 8 heteroatoms. The molecule has 1 aromatic carbocycles. The summed E-state index contributed by atoms with van der Waals surface area (Å²) in [5.41, 5.74) is 0.785. The number of ether oxygens (including phenoxy) is 1. The Bertz CT molecular complexity index is 748. The number of aliphatic hydroxyl groups is 1. The van der Waals surface area contributed by atoms with Crippen molar-refractivity contribution in [1.82, 2.24) is 4.90 Å². The van der Waals surface area contributed by atoms with Gasteiger partial charge in [-0.25, -0.2) is 4.79 Å². The highest BCUT2D eigenvalue weighted by Gasteiger charge is 2.40. The van der Waals surface area contributed by atoms with E-state index in [0.29, 0.717) is 11.5 Å². The van der Waals surface area contributed by atoms with E-state index in [1.54, 1.807) is 6.08 Å². The zero-order chi connectivity index (χ0) is 21.2. The number of unbranched alkanes of at least 4 members (excludes halogenated alkanes) is 5. The fourth-order valence-electron chi connectivity index (χ4n) is 2.90. The Morgan fingerprint density at radius 1 is 1.21 bits per heavy atom. The molecule has 1 aliphatic rings. The highest BCUT2D eigenvalue weighted by atomic mass is 32.2. The lowest BCUT2D eigenvalue weighted by atomic mass is 10.1. The van der Waals surface area contributed by atoms with Gasteiger partial charge in [-0.3, -0.25) is 9.69 Å². The highest BCUT2D eigenvalue weighted by molar-refractivity contribution is 8.26. The molecule has 0 spiro atoms. The molecule has 1 saturated heterocycles. The summed E-state index contributed by atoms with van der Waals surface area (Å²) >= 11 is 6.15. The van der Waals surface area contributed by atoms with Crippen molar-refractivity contribution in [3.05, 3.63) is 34.7 Å². The van der Waals surface area contributed by atoms with Crippen LogP contribution in [0.4, 0.5) is 0 Å². The van der Waals surface area contributed by atoms with Crippen LogP contribution in [0.2, 0.25) is 0 Å². The quantitative estimate of drug-likeness (QED) is 0.289. The van der Waals surface area contributed by atoms with Gasteiger partial charge >= 0.3 is 5.97 Å². The summed E-state index contributed by atoms with van der Waals surface area (Å²) in [6, 6.07) is 5.99. The number of carbonyl (C=O) groups is 2. The second-order valence-electron chi connectivity index (χ2n) is 6.77. The van der Waals surface area contributed by atoms with Gasteiger partial charge in [0.1, 0.15) is 10.1 Å². The van der Waals surface area contributed by atoms with E-state index in [1.165, 1.54) is 32.1 Å². The van der Waals surface area contributed by atoms with Crippen molar-refractivity contribution in [3.63, 3.8) is 0 Å². The molecule has 2 rings (SSSR count). The van der Waals surface area contributed by atoms with E-state index in [0.717, 1.165) is 34.4 Å². The van der Waals surface area contributed by atoms with Crippen LogP contribution in [0, 0.1) is 0 Å². The van der Waals surface area contributed by atoms with Gasteiger partial charge in [0, 0.05) is 0 Å². The number of thioether (sulfide) groups is 1. The van der Waals surface area contributed by atoms with Gasteiger partial charge in [-0.2, -0.15) is 0 Å². The summed E-state index contributed by atoms with van der Waals surface area (Å²) in [4.78, 5) is 25.0. The van der Waals surface area contributed by atoms with Crippen LogP contribution in [-0.2, 0) is 9.59 Å². The average Bonchev–Trinajstić information content (AvgIpc) is 2.97. The number of carboxylic acid groups (broad SMARTS) is 1. The smallest absolute Gasteiger partial charge is 0.329 e. The van der Waals surface area contributed by atoms with Crippen molar-refractivity contribution < 1.29 is 24.5 Å². The molecule has 0 bridgehead atoms.